The van der Waals surface area contributed by atoms with Gasteiger partial charge in [-0.1, -0.05) is 44.0 Å². The van der Waals surface area contributed by atoms with Gasteiger partial charge in [0.25, 0.3) is 0 Å². The monoisotopic (exact) mass is 597 g/mol. The smallest absolute Gasteiger partial charge is 0.324 e. The molecular formula is C28H29Cl2N7O4. The number of rotatable bonds is 7. The number of pyridine rings is 1. The molecule has 0 radical (unpaired) electrons. The van der Waals surface area contributed by atoms with Crippen molar-refractivity contribution in [3.63, 3.8) is 0 Å². The molecule has 4 rings (SSSR count). The van der Waals surface area contributed by atoms with Crippen LogP contribution in [0, 0.1) is 0 Å². The van der Waals surface area contributed by atoms with E-state index in [1.54, 1.807) is 30.0 Å². The minimum absolute atomic E-state index is 0.0797. The van der Waals surface area contributed by atoms with Crippen LogP contribution in [0.5, 0.6) is 17.2 Å². The first-order valence-electron chi connectivity index (χ1n) is 12.4. The van der Waals surface area contributed by atoms with E-state index >= 15 is 0 Å². The number of nitrogens with one attached hydrogen (secondary N) is 4. The highest BCUT2D eigenvalue weighted by Gasteiger charge is 2.22. The quantitative estimate of drug-likeness (QED) is 0.180. The van der Waals surface area contributed by atoms with E-state index in [0.29, 0.717) is 17.3 Å². The standard InChI is InChI=1S/C28H29Cl2N7O4/c1-28(2,3)21-15-23(37(36-21)16-6-8-17(40-5)9-7-16)35-27(39)33-19-10-11-20(25(30)24(19)29)41-18-12-13-32-22(14-18)34-26(38)31-4/h6-15H,1-5H3,(H2,33,35,39)(H2,31,32,34,38). The number of hydrogen-bond acceptors (Lipinski definition) is 6. The summed E-state index contributed by atoms with van der Waals surface area (Å²) in [6.45, 7) is 6.11. The molecule has 2 heterocycles. The van der Waals surface area contributed by atoms with Crippen molar-refractivity contribution < 1.29 is 19.1 Å². The minimum atomic E-state index is -0.550. The molecule has 4 N–H and O–H groups in total. The van der Waals surface area contributed by atoms with E-state index in [4.69, 9.17) is 37.8 Å². The number of carbonyl (C=O) groups excluding carboxylic acids is 2. The average molecular weight is 598 g/mol. The van der Waals surface area contributed by atoms with Crippen LogP contribution >= 0.6 is 23.2 Å². The average Bonchev–Trinajstić information content (AvgIpc) is 3.37. The van der Waals surface area contributed by atoms with Gasteiger partial charge in [-0.3, -0.25) is 10.6 Å². The number of urea groups is 2. The topological polar surface area (TPSA) is 131 Å². The Morgan fingerprint density at radius 2 is 1.61 bits per heavy atom. The van der Waals surface area contributed by atoms with Crippen molar-refractivity contribution >= 4 is 52.6 Å². The van der Waals surface area contributed by atoms with Gasteiger partial charge in [-0.25, -0.2) is 19.3 Å². The molecule has 4 aromatic rings. The molecule has 0 aliphatic carbocycles. The number of nitrogens with zero attached hydrogens (tertiary/aromatic N) is 3. The number of ether oxygens (including phenoxy) is 2. The van der Waals surface area contributed by atoms with E-state index < -0.39 is 12.1 Å². The predicted octanol–water partition coefficient (Wildman–Crippen LogP) is 7.07. The summed E-state index contributed by atoms with van der Waals surface area (Å²) < 4.78 is 12.7. The maximum Gasteiger partial charge on any atom is 0.324 e. The zero-order chi connectivity index (χ0) is 29.7. The Morgan fingerprint density at radius 3 is 2.27 bits per heavy atom. The summed E-state index contributed by atoms with van der Waals surface area (Å²) in [5.41, 5.74) is 1.54. The maximum atomic E-state index is 13.1. The van der Waals surface area contributed by atoms with Gasteiger partial charge in [-0.15, -0.1) is 0 Å². The summed E-state index contributed by atoms with van der Waals surface area (Å²) in [5.74, 6) is 2.05. The van der Waals surface area contributed by atoms with Crippen molar-refractivity contribution in [3.05, 3.63) is 76.5 Å². The summed E-state index contributed by atoms with van der Waals surface area (Å²) in [5, 5.41) is 15.4. The first-order valence-corrected chi connectivity index (χ1v) is 13.2. The van der Waals surface area contributed by atoms with Gasteiger partial charge in [0.2, 0.25) is 0 Å². The molecule has 0 spiro atoms. The zero-order valence-corrected chi connectivity index (χ0v) is 24.5. The third kappa shape index (κ3) is 7.19. The summed E-state index contributed by atoms with van der Waals surface area (Å²) in [6, 6.07) is 14.4. The van der Waals surface area contributed by atoms with Crippen molar-refractivity contribution in [1.82, 2.24) is 20.1 Å². The molecule has 41 heavy (non-hydrogen) atoms. The van der Waals surface area contributed by atoms with Crippen molar-refractivity contribution in [2.45, 2.75) is 26.2 Å². The molecule has 0 saturated carbocycles. The summed E-state index contributed by atoms with van der Waals surface area (Å²) in [7, 11) is 3.09. The number of hydrogen-bond donors (Lipinski definition) is 4. The van der Waals surface area contributed by atoms with Crippen LogP contribution in [0.3, 0.4) is 0 Å². The highest BCUT2D eigenvalue weighted by Crippen LogP contribution is 2.40. The van der Waals surface area contributed by atoms with Crippen molar-refractivity contribution in [2.24, 2.45) is 0 Å². The van der Waals surface area contributed by atoms with E-state index in [9.17, 15) is 9.59 Å². The summed E-state index contributed by atoms with van der Waals surface area (Å²) >= 11 is 13.0. The molecule has 0 fully saturated rings. The zero-order valence-electron chi connectivity index (χ0n) is 23.0. The number of anilines is 3. The van der Waals surface area contributed by atoms with Gasteiger partial charge in [0, 0.05) is 30.8 Å². The van der Waals surface area contributed by atoms with Gasteiger partial charge in [0.15, 0.2) is 0 Å². The van der Waals surface area contributed by atoms with Gasteiger partial charge in [0.05, 0.1) is 29.2 Å². The summed E-state index contributed by atoms with van der Waals surface area (Å²) in [4.78, 5) is 28.7. The molecule has 214 valence electrons. The first kappa shape index (κ1) is 29.5. The van der Waals surface area contributed by atoms with Crippen LogP contribution in [-0.4, -0.2) is 41.0 Å². The second kappa shape index (κ2) is 12.4. The number of aromatic nitrogens is 3. The van der Waals surface area contributed by atoms with Crippen LogP contribution in [0.2, 0.25) is 10.0 Å². The van der Waals surface area contributed by atoms with Crippen LogP contribution in [0.25, 0.3) is 5.69 Å². The van der Waals surface area contributed by atoms with E-state index in [0.717, 1.165) is 11.4 Å². The molecule has 4 amide bonds. The molecule has 13 heteroatoms. The normalized spacial score (nSPS) is 11.0. The van der Waals surface area contributed by atoms with Crippen LogP contribution in [0.4, 0.5) is 26.9 Å². The second-order valence-electron chi connectivity index (χ2n) is 9.78. The summed E-state index contributed by atoms with van der Waals surface area (Å²) in [6.07, 6.45) is 1.47. The maximum absolute atomic E-state index is 13.1. The Hall–Kier alpha value is -4.48. The highest BCUT2D eigenvalue weighted by molar-refractivity contribution is 6.45. The van der Waals surface area contributed by atoms with Gasteiger partial charge in [-0.2, -0.15) is 5.10 Å². The molecule has 0 aliphatic heterocycles. The van der Waals surface area contributed by atoms with Gasteiger partial charge >= 0.3 is 12.1 Å². The Labute approximate surface area is 247 Å². The minimum Gasteiger partial charge on any atom is -0.497 e. The number of methoxy groups -OCH3 is 1. The van der Waals surface area contributed by atoms with Crippen molar-refractivity contribution in [2.75, 3.05) is 30.1 Å². The Bertz CT molecular complexity index is 1570. The first-order chi connectivity index (χ1) is 19.5. The number of halogens is 2. The third-order valence-electron chi connectivity index (χ3n) is 5.76. The van der Waals surface area contributed by atoms with Gasteiger partial charge in [-0.05, 0) is 42.5 Å². The fourth-order valence-electron chi connectivity index (χ4n) is 3.58. The van der Waals surface area contributed by atoms with Crippen molar-refractivity contribution in [3.8, 4) is 22.9 Å². The van der Waals surface area contributed by atoms with Crippen LogP contribution < -0.4 is 30.7 Å². The molecular weight excluding hydrogens is 569 g/mol. The lowest BCUT2D eigenvalue weighted by Gasteiger charge is -2.14. The molecule has 11 nitrogen and oxygen atoms in total. The lowest BCUT2D eigenvalue weighted by Crippen LogP contribution is -2.24. The molecule has 0 unspecified atom stereocenters. The van der Waals surface area contributed by atoms with Crippen molar-refractivity contribution in [1.29, 1.82) is 0 Å². The van der Waals surface area contributed by atoms with E-state index in [1.807, 2.05) is 51.1 Å². The molecule has 0 aliphatic rings. The van der Waals surface area contributed by atoms with Crippen LogP contribution in [0.1, 0.15) is 26.5 Å². The fourth-order valence-corrected chi connectivity index (χ4v) is 3.99. The predicted molar refractivity (Wildman–Crippen MR) is 160 cm³/mol. The van der Waals surface area contributed by atoms with Crippen LogP contribution in [0.15, 0.2) is 60.8 Å². The fraction of sp³-hybridized carbons (Fsp3) is 0.214. The Kier molecular flexibility index (Phi) is 8.89. The van der Waals surface area contributed by atoms with Gasteiger partial charge < -0.3 is 20.1 Å². The molecule has 2 aromatic carbocycles. The molecule has 0 bridgehead atoms. The number of amides is 4. The molecule has 2 aromatic heterocycles. The van der Waals surface area contributed by atoms with E-state index in [2.05, 4.69) is 26.3 Å². The Morgan fingerprint density at radius 1 is 0.878 bits per heavy atom. The molecule has 0 saturated heterocycles. The molecule has 0 atom stereocenters. The van der Waals surface area contributed by atoms with Gasteiger partial charge in [0.1, 0.15) is 33.9 Å². The largest absolute Gasteiger partial charge is 0.497 e. The number of carbonyl (C=O) groups is 2. The number of benzene rings is 2. The van der Waals surface area contributed by atoms with Crippen LogP contribution in [-0.2, 0) is 5.41 Å². The lowest BCUT2D eigenvalue weighted by molar-refractivity contribution is 0.254. The van der Waals surface area contributed by atoms with E-state index in [-0.39, 0.29) is 32.7 Å². The second-order valence-corrected chi connectivity index (χ2v) is 10.5. The highest BCUT2D eigenvalue weighted by atomic mass is 35.5. The lowest BCUT2D eigenvalue weighted by atomic mass is 9.92. The third-order valence-corrected chi connectivity index (χ3v) is 6.62. The SMILES string of the molecule is CNC(=O)Nc1cc(Oc2ccc(NC(=O)Nc3cc(C(C)(C)C)nn3-c3ccc(OC)cc3)c(Cl)c2Cl)ccn1. The van der Waals surface area contributed by atoms with E-state index in [1.165, 1.54) is 19.3 Å². The Balaban J connectivity index is 1.52.